The molecule has 25 heavy (non-hydrogen) atoms. The van der Waals surface area contributed by atoms with Crippen LogP contribution in [-0.4, -0.2) is 54.5 Å². The van der Waals surface area contributed by atoms with E-state index in [-0.39, 0.29) is 11.9 Å². The van der Waals surface area contributed by atoms with Crippen molar-refractivity contribution in [2.45, 2.75) is 25.9 Å². The number of hydrogen-bond acceptors (Lipinski definition) is 4. The second kappa shape index (κ2) is 7.28. The number of amides is 1. The van der Waals surface area contributed by atoms with Gasteiger partial charge in [0.15, 0.2) is 0 Å². The fraction of sp³-hybridized carbons (Fsp3) is 0.450. The molecular weight excluding hydrogens is 330 g/mol. The Morgan fingerprint density at radius 3 is 2.64 bits per heavy atom. The van der Waals surface area contributed by atoms with Crippen molar-refractivity contribution >= 4 is 22.9 Å². The molecule has 1 atom stereocenters. The molecule has 2 aliphatic rings. The molecule has 4 rings (SSSR count). The molecule has 3 heterocycles. The lowest BCUT2D eigenvalue weighted by Gasteiger charge is -2.38. The first-order valence-electron chi connectivity index (χ1n) is 9.10. The summed E-state index contributed by atoms with van der Waals surface area (Å²) in [6.07, 6.45) is 0.975. The van der Waals surface area contributed by atoms with E-state index >= 15 is 0 Å². The molecule has 0 bridgehead atoms. The van der Waals surface area contributed by atoms with E-state index in [1.54, 1.807) is 0 Å². The molecule has 5 heteroatoms. The van der Waals surface area contributed by atoms with Gasteiger partial charge in [0, 0.05) is 49.8 Å². The van der Waals surface area contributed by atoms with Crippen molar-refractivity contribution in [3.8, 4) is 0 Å². The van der Waals surface area contributed by atoms with Gasteiger partial charge in [-0.2, -0.15) is 0 Å². The normalized spacial score (nSPS) is 19.8. The SMILES string of the molecule is CC(C(=O)N1CCc2ccccc21)N1CCN(Cc2cccs2)CC1. The van der Waals surface area contributed by atoms with Gasteiger partial charge in [0.25, 0.3) is 0 Å². The summed E-state index contributed by atoms with van der Waals surface area (Å²) in [5.74, 6) is 0.247. The predicted molar refractivity (Wildman–Crippen MR) is 103 cm³/mol. The number of para-hydroxylation sites is 1. The molecule has 2 aliphatic heterocycles. The Morgan fingerprint density at radius 2 is 1.88 bits per heavy atom. The highest BCUT2D eigenvalue weighted by atomic mass is 32.1. The fourth-order valence-electron chi connectivity index (χ4n) is 3.88. The smallest absolute Gasteiger partial charge is 0.244 e. The Bertz CT molecular complexity index is 722. The molecule has 1 amide bonds. The predicted octanol–water partition coefficient (Wildman–Crippen LogP) is 2.84. The van der Waals surface area contributed by atoms with Crippen LogP contribution >= 0.6 is 11.3 Å². The molecule has 4 nitrogen and oxygen atoms in total. The van der Waals surface area contributed by atoms with Gasteiger partial charge in [-0.05, 0) is 36.4 Å². The van der Waals surface area contributed by atoms with Crippen LogP contribution in [0.15, 0.2) is 41.8 Å². The highest BCUT2D eigenvalue weighted by Crippen LogP contribution is 2.28. The molecule has 1 aromatic heterocycles. The first-order chi connectivity index (χ1) is 12.2. The number of anilines is 1. The van der Waals surface area contributed by atoms with Crippen LogP contribution in [0.1, 0.15) is 17.4 Å². The van der Waals surface area contributed by atoms with Gasteiger partial charge in [-0.15, -0.1) is 11.3 Å². The summed E-state index contributed by atoms with van der Waals surface area (Å²) < 4.78 is 0. The number of fused-ring (bicyclic) bond motifs is 1. The number of piperazine rings is 1. The second-order valence-electron chi connectivity index (χ2n) is 6.94. The molecule has 1 aromatic carbocycles. The van der Waals surface area contributed by atoms with Crippen LogP contribution in [-0.2, 0) is 17.8 Å². The summed E-state index contributed by atoms with van der Waals surface area (Å²) in [5, 5.41) is 2.14. The topological polar surface area (TPSA) is 26.8 Å². The molecule has 0 saturated carbocycles. The monoisotopic (exact) mass is 355 g/mol. The van der Waals surface area contributed by atoms with Crippen molar-refractivity contribution in [2.24, 2.45) is 0 Å². The molecular formula is C20H25N3OS. The van der Waals surface area contributed by atoms with Gasteiger partial charge >= 0.3 is 0 Å². The van der Waals surface area contributed by atoms with E-state index in [1.165, 1.54) is 10.4 Å². The van der Waals surface area contributed by atoms with Crippen LogP contribution in [0.4, 0.5) is 5.69 Å². The maximum atomic E-state index is 13.0. The fourth-order valence-corrected chi connectivity index (χ4v) is 4.63. The highest BCUT2D eigenvalue weighted by Gasteiger charge is 2.32. The first-order valence-corrected chi connectivity index (χ1v) is 9.98. The van der Waals surface area contributed by atoms with E-state index < -0.39 is 0 Å². The van der Waals surface area contributed by atoms with Crippen LogP contribution in [0.5, 0.6) is 0 Å². The standard InChI is InChI=1S/C20H25N3OS/c1-16(20(24)23-9-8-17-5-2-3-7-19(17)23)22-12-10-21(11-13-22)15-18-6-4-14-25-18/h2-7,14,16H,8-13,15H2,1H3. The minimum atomic E-state index is -0.0463. The van der Waals surface area contributed by atoms with Crippen molar-refractivity contribution in [2.75, 3.05) is 37.6 Å². The lowest BCUT2D eigenvalue weighted by Crippen LogP contribution is -2.54. The van der Waals surface area contributed by atoms with E-state index in [1.807, 2.05) is 22.3 Å². The molecule has 132 valence electrons. The van der Waals surface area contributed by atoms with Crippen LogP contribution in [0.25, 0.3) is 0 Å². The zero-order chi connectivity index (χ0) is 17.2. The Labute approximate surface area is 153 Å². The molecule has 1 unspecified atom stereocenters. The zero-order valence-corrected chi connectivity index (χ0v) is 15.5. The van der Waals surface area contributed by atoms with Gasteiger partial charge in [-0.1, -0.05) is 24.3 Å². The van der Waals surface area contributed by atoms with Crippen molar-refractivity contribution in [1.29, 1.82) is 0 Å². The van der Waals surface area contributed by atoms with E-state index in [9.17, 15) is 4.79 Å². The third kappa shape index (κ3) is 3.50. The van der Waals surface area contributed by atoms with Gasteiger partial charge in [0.2, 0.25) is 5.91 Å². The van der Waals surface area contributed by atoms with E-state index in [0.717, 1.165) is 51.4 Å². The summed E-state index contributed by atoms with van der Waals surface area (Å²) in [7, 11) is 0. The van der Waals surface area contributed by atoms with Gasteiger partial charge in [-0.3, -0.25) is 14.6 Å². The van der Waals surface area contributed by atoms with Crippen molar-refractivity contribution in [3.63, 3.8) is 0 Å². The summed E-state index contributed by atoms with van der Waals surface area (Å²) in [4.78, 5) is 21.3. The van der Waals surface area contributed by atoms with E-state index in [4.69, 9.17) is 0 Å². The molecule has 2 aromatic rings. The molecule has 1 fully saturated rings. The van der Waals surface area contributed by atoms with Crippen molar-refractivity contribution in [3.05, 3.63) is 52.2 Å². The summed E-state index contributed by atoms with van der Waals surface area (Å²) in [6, 6.07) is 12.6. The van der Waals surface area contributed by atoms with Crippen LogP contribution < -0.4 is 4.90 Å². The van der Waals surface area contributed by atoms with Gasteiger partial charge in [0.1, 0.15) is 0 Å². The average molecular weight is 356 g/mol. The maximum absolute atomic E-state index is 13.0. The first kappa shape index (κ1) is 16.8. The quantitative estimate of drug-likeness (QED) is 0.844. The minimum Gasteiger partial charge on any atom is -0.310 e. The zero-order valence-electron chi connectivity index (χ0n) is 14.7. The largest absolute Gasteiger partial charge is 0.310 e. The van der Waals surface area contributed by atoms with Crippen LogP contribution in [0, 0.1) is 0 Å². The Kier molecular flexibility index (Phi) is 4.88. The average Bonchev–Trinajstić information content (AvgIpc) is 3.31. The van der Waals surface area contributed by atoms with E-state index in [0.29, 0.717) is 0 Å². The van der Waals surface area contributed by atoms with Crippen molar-refractivity contribution < 1.29 is 4.79 Å². The Morgan fingerprint density at radius 1 is 1.08 bits per heavy atom. The molecule has 1 saturated heterocycles. The molecule has 0 radical (unpaired) electrons. The number of benzene rings is 1. The number of nitrogens with zero attached hydrogens (tertiary/aromatic N) is 3. The number of thiophene rings is 1. The number of hydrogen-bond donors (Lipinski definition) is 0. The number of carbonyl (C=O) groups is 1. The summed E-state index contributed by atoms with van der Waals surface area (Å²) >= 11 is 1.82. The molecule has 0 spiro atoms. The lowest BCUT2D eigenvalue weighted by atomic mass is 10.1. The second-order valence-corrected chi connectivity index (χ2v) is 7.97. The Balaban J connectivity index is 1.34. The third-order valence-corrected chi connectivity index (χ3v) is 6.29. The number of carbonyl (C=O) groups excluding carboxylic acids is 1. The van der Waals surface area contributed by atoms with Gasteiger partial charge in [-0.25, -0.2) is 0 Å². The van der Waals surface area contributed by atoms with Gasteiger partial charge in [0.05, 0.1) is 6.04 Å². The Hall–Kier alpha value is -1.69. The maximum Gasteiger partial charge on any atom is 0.244 e. The summed E-state index contributed by atoms with van der Waals surface area (Å²) in [6.45, 7) is 7.92. The van der Waals surface area contributed by atoms with Gasteiger partial charge < -0.3 is 4.90 Å². The van der Waals surface area contributed by atoms with Crippen molar-refractivity contribution in [1.82, 2.24) is 9.80 Å². The van der Waals surface area contributed by atoms with Crippen LogP contribution in [0.2, 0.25) is 0 Å². The minimum absolute atomic E-state index is 0.0463. The molecule has 0 aliphatic carbocycles. The highest BCUT2D eigenvalue weighted by molar-refractivity contribution is 7.09. The number of rotatable bonds is 4. The molecule has 0 N–H and O–H groups in total. The third-order valence-electron chi connectivity index (χ3n) is 5.42. The van der Waals surface area contributed by atoms with Crippen LogP contribution in [0.3, 0.4) is 0 Å². The lowest BCUT2D eigenvalue weighted by molar-refractivity contribution is -0.123. The van der Waals surface area contributed by atoms with E-state index in [2.05, 4.69) is 52.4 Å². The summed E-state index contributed by atoms with van der Waals surface area (Å²) in [5.41, 5.74) is 2.40.